The van der Waals surface area contributed by atoms with Crippen molar-refractivity contribution in [2.24, 2.45) is 10.7 Å². The van der Waals surface area contributed by atoms with Crippen molar-refractivity contribution in [3.8, 4) is 0 Å². The molecule has 0 amide bonds. The standard InChI is InChI=1S/C14H21N3S/c1-18-10-12-5-2-4-11(8-12)9-16-14(15)17-13-6-3-7-13/h2,4-5,8,13H,3,6-7,9-10H2,1H3,(H3,15,16,17). The topological polar surface area (TPSA) is 50.4 Å². The first kappa shape index (κ1) is 13.3. The molecule has 2 rings (SSSR count). The van der Waals surface area contributed by atoms with Gasteiger partial charge in [0.1, 0.15) is 0 Å². The average Bonchev–Trinajstić information content (AvgIpc) is 2.32. The second kappa shape index (κ2) is 6.69. The van der Waals surface area contributed by atoms with Crippen LogP contribution in [0, 0.1) is 0 Å². The largest absolute Gasteiger partial charge is 0.370 e. The predicted molar refractivity (Wildman–Crippen MR) is 79.8 cm³/mol. The lowest BCUT2D eigenvalue weighted by Crippen LogP contribution is -2.43. The Kier molecular flexibility index (Phi) is 4.93. The minimum absolute atomic E-state index is 0.552. The zero-order valence-electron chi connectivity index (χ0n) is 10.9. The highest BCUT2D eigenvalue weighted by atomic mass is 32.2. The monoisotopic (exact) mass is 263 g/mol. The molecule has 0 radical (unpaired) electrons. The maximum Gasteiger partial charge on any atom is 0.189 e. The van der Waals surface area contributed by atoms with Crippen molar-refractivity contribution in [2.75, 3.05) is 6.26 Å². The van der Waals surface area contributed by atoms with Crippen LogP contribution in [0.15, 0.2) is 29.3 Å². The van der Waals surface area contributed by atoms with Crippen molar-refractivity contribution in [1.29, 1.82) is 0 Å². The van der Waals surface area contributed by atoms with E-state index in [4.69, 9.17) is 5.73 Å². The third kappa shape index (κ3) is 3.95. The van der Waals surface area contributed by atoms with Gasteiger partial charge in [-0.1, -0.05) is 24.3 Å². The highest BCUT2D eigenvalue weighted by molar-refractivity contribution is 7.97. The van der Waals surface area contributed by atoms with Gasteiger partial charge in [0.05, 0.1) is 6.54 Å². The Morgan fingerprint density at radius 1 is 1.44 bits per heavy atom. The predicted octanol–water partition coefficient (Wildman–Crippen LogP) is 2.51. The van der Waals surface area contributed by atoms with Gasteiger partial charge >= 0.3 is 0 Å². The van der Waals surface area contributed by atoms with E-state index in [1.807, 2.05) is 11.8 Å². The van der Waals surface area contributed by atoms with Crippen molar-refractivity contribution in [3.05, 3.63) is 35.4 Å². The Hall–Kier alpha value is -1.16. The summed E-state index contributed by atoms with van der Waals surface area (Å²) in [5, 5.41) is 3.25. The lowest BCUT2D eigenvalue weighted by molar-refractivity contribution is 0.382. The van der Waals surface area contributed by atoms with Crippen molar-refractivity contribution in [3.63, 3.8) is 0 Å². The fourth-order valence-corrected chi connectivity index (χ4v) is 2.48. The van der Waals surface area contributed by atoms with E-state index in [-0.39, 0.29) is 0 Å². The van der Waals surface area contributed by atoms with Gasteiger partial charge in [0.15, 0.2) is 5.96 Å². The van der Waals surface area contributed by atoms with E-state index in [1.165, 1.54) is 30.4 Å². The number of hydrogen-bond donors (Lipinski definition) is 2. The van der Waals surface area contributed by atoms with Crippen LogP contribution in [0.2, 0.25) is 0 Å². The fourth-order valence-electron chi connectivity index (χ4n) is 1.97. The van der Waals surface area contributed by atoms with E-state index in [0.29, 0.717) is 18.5 Å². The Bertz CT molecular complexity index is 413. The molecule has 0 bridgehead atoms. The van der Waals surface area contributed by atoms with Crippen LogP contribution in [-0.4, -0.2) is 18.3 Å². The number of nitrogens with one attached hydrogen (secondary N) is 1. The van der Waals surface area contributed by atoms with Crippen LogP contribution in [0.25, 0.3) is 0 Å². The summed E-state index contributed by atoms with van der Waals surface area (Å²) in [6.07, 6.45) is 5.87. The summed E-state index contributed by atoms with van der Waals surface area (Å²) >= 11 is 1.83. The van der Waals surface area contributed by atoms with Gasteiger partial charge in [-0.25, -0.2) is 4.99 Å². The normalized spacial score (nSPS) is 16.4. The minimum atomic E-state index is 0.552. The van der Waals surface area contributed by atoms with Gasteiger partial charge in [-0.15, -0.1) is 0 Å². The van der Waals surface area contributed by atoms with Crippen molar-refractivity contribution >= 4 is 17.7 Å². The lowest BCUT2D eigenvalue weighted by atomic mass is 9.93. The molecule has 1 fully saturated rings. The van der Waals surface area contributed by atoms with Crippen LogP contribution in [0.4, 0.5) is 0 Å². The summed E-state index contributed by atoms with van der Waals surface area (Å²) in [7, 11) is 0. The molecular weight excluding hydrogens is 242 g/mol. The van der Waals surface area contributed by atoms with E-state index in [2.05, 4.69) is 40.8 Å². The zero-order valence-corrected chi connectivity index (χ0v) is 11.7. The van der Waals surface area contributed by atoms with Crippen LogP contribution < -0.4 is 11.1 Å². The summed E-state index contributed by atoms with van der Waals surface area (Å²) < 4.78 is 0. The smallest absolute Gasteiger partial charge is 0.189 e. The molecule has 3 nitrogen and oxygen atoms in total. The van der Waals surface area contributed by atoms with Crippen LogP contribution in [0.3, 0.4) is 0 Å². The Morgan fingerprint density at radius 3 is 2.89 bits per heavy atom. The first-order valence-corrected chi connectivity index (χ1v) is 7.80. The van der Waals surface area contributed by atoms with Gasteiger partial charge in [-0.3, -0.25) is 0 Å². The summed E-state index contributed by atoms with van der Waals surface area (Å²) in [5.74, 6) is 1.63. The lowest BCUT2D eigenvalue weighted by Gasteiger charge is -2.26. The molecule has 4 heteroatoms. The molecule has 0 aromatic heterocycles. The molecule has 0 spiro atoms. The van der Waals surface area contributed by atoms with E-state index < -0.39 is 0 Å². The molecule has 18 heavy (non-hydrogen) atoms. The van der Waals surface area contributed by atoms with Gasteiger partial charge in [0.2, 0.25) is 0 Å². The number of thioether (sulfide) groups is 1. The van der Waals surface area contributed by atoms with Gasteiger partial charge in [-0.05, 0) is 36.6 Å². The van der Waals surface area contributed by atoms with E-state index in [0.717, 1.165) is 5.75 Å². The molecule has 0 atom stereocenters. The number of guanidine groups is 1. The molecule has 3 N–H and O–H groups in total. The Labute approximate surface area is 113 Å². The molecule has 1 aromatic rings. The third-order valence-electron chi connectivity index (χ3n) is 3.19. The number of nitrogens with two attached hydrogens (primary N) is 1. The molecule has 0 heterocycles. The molecule has 98 valence electrons. The highest BCUT2D eigenvalue weighted by Gasteiger charge is 2.16. The van der Waals surface area contributed by atoms with Crippen LogP contribution in [0.1, 0.15) is 30.4 Å². The highest BCUT2D eigenvalue weighted by Crippen LogP contribution is 2.17. The summed E-state index contributed by atoms with van der Waals surface area (Å²) in [5.41, 5.74) is 8.43. The molecule has 1 aliphatic carbocycles. The zero-order chi connectivity index (χ0) is 12.8. The molecule has 1 aromatic carbocycles. The van der Waals surface area contributed by atoms with E-state index >= 15 is 0 Å². The van der Waals surface area contributed by atoms with Gasteiger partial charge in [0, 0.05) is 11.8 Å². The van der Waals surface area contributed by atoms with Crippen molar-refractivity contribution in [1.82, 2.24) is 5.32 Å². The molecule has 0 saturated heterocycles. The number of benzene rings is 1. The quantitative estimate of drug-likeness (QED) is 0.634. The first-order chi connectivity index (χ1) is 8.78. The van der Waals surface area contributed by atoms with Crippen molar-refractivity contribution < 1.29 is 0 Å². The minimum Gasteiger partial charge on any atom is -0.370 e. The summed E-state index contributed by atoms with van der Waals surface area (Å²) in [6, 6.07) is 9.10. The van der Waals surface area contributed by atoms with Crippen LogP contribution in [-0.2, 0) is 12.3 Å². The third-order valence-corrected chi connectivity index (χ3v) is 3.81. The Morgan fingerprint density at radius 2 is 2.22 bits per heavy atom. The number of rotatable bonds is 5. The SMILES string of the molecule is CSCc1cccc(CN=C(N)NC2CCC2)c1. The fraction of sp³-hybridized carbons (Fsp3) is 0.500. The molecular formula is C14H21N3S. The summed E-state index contributed by atoms with van der Waals surface area (Å²) in [4.78, 5) is 4.39. The average molecular weight is 263 g/mol. The van der Waals surface area contributed by atoms with Gasteiger partial charge < -0.3 is 11.1 Å². The second-order valence-electron chi connectivity index (χ2n) is 4.73. The molecule has 1 aliphatic rings. The Balaban J connectivity index is 1.87. The van der Waals surface area contributed by atoms with Gasteiger partial charge in [-0.2, -0.15) is 11.8 Å². The maximum atomic E-state index is 5.86. The van der Waals surface area contributed by atoms with Crippen LogP contribution in [0.5, 0.6) is 0 Å². The summed E-state index contributed by atoms with van der Waals surface area (Å²) in [6.45, 7) is 0.660. The maximum absolute atomic E-state index is 5.86. The molecule has 1 saturated carbocycles. The van der Waals surface area contributed by atoms with E-state index in [9.17, 15) is 0 Å². The van der Waals surface area contributed by atoms with Gasteiger partial charge in [0.25, 0.3) is 0 Å². The number of aliphatic imine (C=N–C) groups is 1. The number of hydrogen-bond acceptors (Lipinski definition) is 2. The molecule has 0 aliphatic heterocycles. The molecule has 0 unspecified atom stereocenters. The van der Waals surface area contributed by atoms with Crippen molar-refractivity contribution in [2.45, 2.75) is 37.6 Å². The first-order valence-electron chi connectivity index (χ1n) is 6.41. The second-order valence-corrected chi connectivity index (χ2v) is 5.59. The van der Waals surface area contributed by atoms with E-state index in [1.54, 1.807) is 0 Å². The van der Waals surface area contributed by atoms with Crippen LogP contribution >= 0.6 is 11.8 Å². The number of nitrogens with zero attached hydrogens (tertiary/aromatic N) is 1.